The maximum absolute atomic E-state index is 3.67. The molecule has 2 heterocycles. The Morgan fingerprint density at radius 1 is 1.00 bits per heavy atom. The van der Waals surface area contributed by atoms with E-state index in [1.165, 1.54) is 20.9 Å². The Kier molecular flexibility index (Phi) is 4.86. The molecule has 1 atom stereocenters. The lowest BCUT2D eigenvalue weighted by molar-refractivity contribution is 0.530. The van der Waals surface area contributed by atoms with Gasteiger partial charge in [0.2, 0.25) is 0 Å². The Bertz CT molecular complexity index is 656. The predicted octanol–water partition coefficient (Wildman–Crippen LogP) is 5.72. The molecule has 1 aromatic carbocycles. The molecule has 1 nitrogen and oxygen atoms in total. The Hall–Kier alpha value is -1.42. The van der Waals surface area contributed by atoms with Crippen molar-refractivity contribution in [2.24, 2.45) is 0 Å². The van der Waals surface area contributed by atoms with Gasteiger partial charge >= 0.3 is 0 Å². The summed E-state index contributed by atoms with van der Waals surface area (Å²) in [4.78, 5) is 2.82. The first-order valence-corrected chi connectivity index (χ1v) is 9.02. The summed E-state index contributed by atoms with van der Waals surface area (Å²) >= 11 is 3.67. The number of hydrogen-bond acceptors (Lipinski definition) is 3. The highest BCUT2D eigenvalue weighted by atomic mass is 32.1. The van der Waals surface area contributed by atoms with Crippen LogP contribution in [-0.4, -0.2) is 0 Å². The van der Waals surface area contributed by atoms with E-state index in [4.69, 9.17) is 0 Å². The summed E-state index contributed by atoms with van der Waals surface area (Å²) in [5.74, 6) is 0. The minimum Gasteiger partial charge on any atom is -0.304 e. The van der Waals surface area contributed by atoms with Crippen LogP contribution in [0, 0.1) is 0 Å². The van der Waals surface area contributed by atoms with Gasteiger partial charge < -0.3 is 5.32 Å². The van der Waals surface area contributed by atoms with Crippen LogP contribution in [0.15, 0.2) is 59.3 Å². The highest BCUT2D eigenvalue weighted by Crippen LogP contribution is 2.27. The summed E-state index contributed by atoms with van der Waals surface area (Å²) in [5.41, 5.74) is 2.62. The van der Waals surface area contributed by atoms with E-state index in [-0.39, 0.29) is 0 Å². The average molecular weight is 313 g/mol. The molecule has 2 aromatic heterocycles. The molecule has 0 fully saturated rings. The second-order valence-corrected chi connectivity index (χ2v) is 7.00. The van der Waals surface area contributed by atoms with Crippen molar-refractivity contribution in [2.75, 3.05) is 0 Å². The normalized spacial score (nSPS) is 12.4. The third-order valence-electron chi connectivity index (χ3n) is 3.58. The van der Waals surface area contributed by atoms with Crippen LogP contribution in [0.1, 0.15) is 29.1 Å². The summed E-state index contributed by atoms with van der Waals surface area (Å²) in [5, 5.41) is 8.07. The second kappa shape index (κ2) is 7.03. The topological polar surface area (TPSA) is 12.0 Å². The lowest BCUT2D eigenvalue weighted by Gasteiger charge is -2.14. The van der Waals surface area contributed by atoms with E-state index >= 15 is 0 Å². The molecule has 0 spiro atoms. The minimum absolute atomic E-state index is 0.465. The highest BCUT2D eigenvalue weighted by molar-refractivity contribution is 7.10. The SMILES string of the molecule is CCC(NCc1cc(-c2ccccc2)cs1)c1cccs1. The van der Waals surface area contributed by atoms with Gasteiger partial charge in [0.25, 0.3) is 0 Å². The molecule has 3 rings (SSSR count). The van der Waals surface area contributed by atoms with Gasteiger partial charge in [-0.15, -0.1) is 22.7 Å². The van der Waals surface area contributed by atoms with Crippen LogP contribution < -0.4 is 5.32 Å². The van der Waals surface area contributed by atoms with Gasteiger partial charge in [0.1, 0.15) is 0 Å². The first-order valence-electron chi connectivity index (χ1n) is 7.26. The molecule has 0 aliphatic carbocycles. The Morgan fingerprint density at radius 3 is 2.57 bits per heavy atom. The second-order valence-electron chi connectivity index (χ2n) is 5.02. The summed E-state index contributed by atoms with van der Waals surface area (Å²) < 4.78 is 0. The van der Waals surface area contributed by atoms with Gasteiger partial charge in [-0.1, -0.05) is 43.3 Å². The van der Waals surface area contributed by atoms with Gasteiger partial charge in [-0.2, -0.15) is 0 Å². The summed E-state index contributed by atoms with van der Waals surface area (Å²) in [6, 6.07) is 17.7. The zero-order valence-electron chi connectivity index (χ0n) is 12.1. The summed E-state index contributed by atoms with van der Waals surface area (Å²) in [6.07, 6.45) is 1.12. The molecule has 108 valence electrons. The molecule has 0 radical (unpaired) electrons. The zero-order chi connectivity index (χ0) is 14.5. The van der Waals surface area contributed by atoms with Crippen molar-refractivity contribution in [1.82, 2.24) is 5.32 Å². The van der Waals surface area contributed by atoms with Crippen molar-refractivity contribution in [3.63, 3.8) is 0 Å². The fourth-order valence-corrected chi connectivity index (χ4v) is 4.14. The summed E-state index contributed by atoms with van der Waals surface area (Å²) in [7, 11) is 0. The number of rotatable bonds is 6. The molecule has 0 aliphatic heterocycles. The quantitative estimate of drug-likeness (QED) is 0.614. The van der Waals surface area contributed by atoms with E-state index in [9.17, 15) is 0 Å². The predicted molar refractivity (Wildman–Crippen MR) is 93.9 cm³/mol. The number of nitrogens with one attached hydrogen (secondary N) is 1. The third kappa shape index (κ3) is 3.62. The van der Waals surface area contributed by atoms with Crippen molar-refractivity contribution < 1.29 is 0 Å². The lowest BCUT2D eigenvalue weighted by atomic mass is 10.1. The van der Waals surface area contributed by atoms with Crippen LogP contribution in [0.4, 0.5) is 0 Å². The molecule has 1 unspecified atom stereocenters. The Morgan fingerprint density at radius 2 is 1.86 bits per heavy atom. The molecule has 3 heteroatoms. The maximum atomic E-state index is 3.67. The zero-order valence-corrected chi connectivity index (χ0v) is 13.7. The molecule has 0 saturated carbocycles. The van der Waals surface area contributed by atoms with Crippen LogP contribution >= 0.6 is 22.7 Å². The number of thiophene rings is 2. The largest absolute Gasteiger partial charge is 0.304 e. The monoisotopic (exact) mass is 313 g/mol. The smallest absolute Gasteiger partial charge is 0.0415 e. The molecule has 1 N–H and O–H groups in total. The van der Waals surface area contributed by atoms with Crippen LogP contribution in [0.3, 0.4) is 0 Å². The minimum atomic E-state index is 0.465. The van der Waals surface area contributed by atoms with Gasteiger partial charge in [-0.25, -0.2) is 0 Å². The standard InChI is InChI=1S/C18H19NS2/c1-2-17(18-9-6-10-20-18)19-12-16-11-15(13-21-16)14-7-4-3-5-8-14/h3-11,13,17,19H,2,12H2,1H3. The molecule has 3 aromatic rings. The molecule has 0 amide bonds. The fraction of sp³-hybridized carbons (Fsp3) is 0.222. The van der Waals surface area contributed by atoms with E-state index in [1.807, 2.05) is 22.7 Å². The van der Waals surface area contributed by atoms with Crippen molar-refractivity contribution in [1.29, 1.82) is 0 Å². The lowest BCUT2D eigenvalue weighted by Crippen LogP contribution is -2.18. The van der Waals surface area contributed by atoms with E-state index in [1.54, 1.807) is 0 Å². The van der Waals surface area contributed by atoms with Crippen molar-refractivity contribution in [3.8, 4) is 11.1 Å². The Labute approximate surface area is 134 Å². The van der Waals surface area contributed by atoms with Crippen molar-refractivity contribution >= 4 is 22.7 Å². The third-order valence-corrected chi connectivity index (χ3v) is 5.50. The van der Waals surface area contributed by atoms with Gasteiger partial charge in [-0.05, 0) is 40.4 Å². The first kappa shape index (κ1) is 14.5. The molecular formula is C18H19NS2. The van der Waals surface area contributed by atoms with Crippen molar-refractivity contribution in [3.05, 3.63) is 69.0 Å². The van der Waals surface area contributed by atoms with Crippen LogP contribution in [0.25, 0.3) is 11.1 Å². The highest BCUT2D eigenvalue weighted by Gasteiger charge is 2.10. The number of benzene rings is 1. The molecule has 0 bridgehead atoms. The number of hydrogen-bond donors (Lipinski definition) is 1. The molecule has 0 aliphatic rings. The van der Waals surface area contributed by atoms with Crippen LogP contribution in [-0.2, 0) is 6.54 Å². The Balaban J connectivity index is 1.65. The van der Waals surface area contributed by atoms with Crippen molar-refractivity contribution in [2.45, 2.75) is 25.9 Å². The van der Waals surface area contributed by atoms with Gasteiger partial charge in [0, 0.05) is 22.3 Å². The fourth-order valence-electron chi connectivity index (χ4n) is 2.41. The van der Waals surface area contributed by atoms with E-state index in [0.29, 0.717) is 6.04 Å². The average Bonchev–Trinajstić information content (AvgIpc) is 3.20. The summed E-state index contributed by atoms with van der Waals surface area (Å²) in [6.45, 7) is 3.18. The molecule has 0 saturated heterocycles. The van der Waals surface area contributed by atoms with Gasteiger partial charge in [-0.3, -0.25) is 0 Å². The first-order chi connectivity index (χ1) is 10.4. The molecule has 21 heavy (non-hydrogen) atoms. The van der Waals surface area contributed by atoms with E-state index < -0.39 is 0 Å². The van der Waals surface area contributed by atoms with Crippen LogP contribution in [0.5, 0.6) is 0 Å². The van der Waals surface area contributed by atoms with Gasteiger partial charge in [0.15, 0.2) is 0 Å². The molecular weight excluding hydrogens is 294 g/mol. The van der Waals surface area contributed by atoms with Crippen LogP contribution in [0.2, 0.25) is 0 Å². The maximum Gasteiger partial charge on any atom is 0.0415 e. The van der Waals surface area contributed by atoms with Gasteiger partial charge in [0.05, 0.1) is 0 Å². The van der Waals surface area contributed by atoms with E-state index in [0.717, 1.165) is 13.0 Å². The van der Waals surface area contributed by atoms with E-state index in [2.05, 4.69) is 71.5 Å².